The van der Waals surface area contributed by atoms with E-state index in [0.29, 0.717) is 27.9 Å². The molecule has 1 aromatic carbocycles. The molecule has 0 saturated carbocycles. The molecule has 0 aliphatic heterocycles. The van der Waals surface area contributed by atoms with E-state index >= 15 is 0 Å². The van der Waals surface area contributed by atoms with Gasteiger partial charge in [0.2, 0.25) is 0 Å². The smallest absolute Gasteiger partial charge is 0.341 e. The van der Waals surface area contributed by atoms with E-state index in [1.165, 1.54) is 11.3 Å². The Morgan fingerprint density at radius 1 is 1.29 bits per heavy atom. The summed E-state index contributed by atoms with van der Waals surface area (Å²) in [6, 6.07) is 5.26. The number of nitrogens with one attached hydrogen (secondary N) is 1. The molecule has 1 aliphatic carbocycles. The number of anilines is 1. The lowest BCUT2D eigenvalue weighted by Crippen LogP contribution is -2.30. The summed E-state index contributed by atoms with van der Waals surface area (Å²) in [6.07, 6.45) is 3.18. The molecule has 1 aromatic heterocycles. The van der Waals surface area contributed by atoms with Gasteiger partial charge in [-0.05, 0) is 75.8 Å². The second kappa shape index (κ2) is 8.97. The molecule has 28 heavy (non-hydrogen) atoms. The zero-order chi connectivity index (χ0) is 20.3. The molecule has 0 radical (unpaired) electrons. The number of ether oxygens (including phenoxy) is 2. The summed E-state index contributed by atoms with van der Waals surface area (Å²) in [5.74, 6) is -0.114. The van der Waals surface area contributed by atoms with Crippen LogP contribution in [0.4, 0.5) is 5.00 Å². The summed E-state index contributed by atoms with van der Waals surface area (Å²) in [4.78, 5) is 26.4. The SMILES string of the molecule is CCOC(=O)c1c(NC(=O)[C@H](C)Oc2ccc(Cl)c(C)c2)sc2c1CCCC2. The lowest BCUT2D eigenvalue weighted by molar-refractivity contribution is -0.122. The summed E-state index contributed by atoms with van der Waals surface area (Å²) in [7, 11) is 0. The zero-order valence-corrected chi connectivity index (χ0v) is 17.8. The van der Waals surface area contributed by atoms with Crippen molar-refractivity contribution in [3.05, 3.63) is 44.8 Å². The Balaban J connectivity index is 1.78. The number of benzene rings is 1. The molecule has 0 bridgehead atoms. The minimum Gasteiger partial charge on any atom is -0.481 e. The Morgan fingerprint density at radius 2 is 2.04 bits per heavy atom. The first-order chi connectivity index (χ1) is 13.4. The van der Waals surface area contributed by atoms with Crippen LogP contribution in [-0.4, -0.2) is 24.6 Å². The number of thiophene rings is 1. The summed E-state index contributed by atoms with van der Waals surface area (Å²) in [5.41, 5.74) is 2.40. The quantitative estimate of drug-likeness (QED) is 0.653. The van der Waals surface area contributed by atoms with Gasteiger partial charge < -0.3 is 14.8 Å². The van der Waals surface area contributed by atoms with Crippen molar-refractivity contribution in [1.82, 2.24) is 0 Å². The van der Waals surface area contributed by atoms with E-state index in [9.17, 15) is 9.59 Å². The standard InChI is InChI=1S/C21H24ClNO4S/c1-4-26-21(25)18-15-7-5-6-8-17(15)28-20(18)23-19(24)13(3)27-14-9-10-16(22)12(2)11-14/h9-11,13H,4-8H2,1-3H3,(H,23,24)/t13-/m0/s1. The lowest BCUT2D eigenvalue weighted by Gasteiger charge is -2.16. The molecular weight excluding hydrogens is 398 g/mol. The van der Waals surface area contributed by atoms with E-state index < -0.39 is 6.10 Å². The van der Waals surface area contributed by atoms with Gasteiger partial charge in [-0.1, -0.05) is 11.6 Å². The van der Waals surface area contributed by atoms with E-state index in [1.807, 2.05) is 6.92 Å². The van der Waals surface area contributed by atoms with Gasteiger partial charge in [0.1, 0.15) is 10.8 Å². The third-order valence-electron chi connectivity index (χ3n) is 4.70. The van der Waals surface area contributed by atoms with Gasteiger partial charge in [0, 0.05) is 9.90 Å². The van der Waals surface area contributed by atoms with Crippen LogP contribution in [0.1, 0.15) is 53.1 Å². The number of hydrogen-bond acceptors (Lipinski definition) is 5. The van der Waals surface area contributed by atoms with Gasteiger partial charge in [0.15, 0.2) is 6.10 Å². The van der Waals surface area contributed by atoms with Crippen LogP contribution in [0.15, 0.2) is 18.2 Å². The lowest BCUT2D eigenvalue weighted by atomic mass is 9.95. The van der Waals surface area contributed by atoms with Crippen LogP contribution >= 0.6 is 22.9 Å². The van der Waals surface area contributed by atoms with E-state index in [1.54, 1.807) is 32.0 Å². The first kappa shape index (κ1) is 20.7. The first-order valence-electron chi connectivity index (χ1n) is 9.46. The number of carbonyl (C=O) groups excluding carboxylic acids is 2. The summed E-state index contributed by atoms with van der Waals surface area (Å²) < 4.78 is 11.0. The minimum atomic E-state index is -0.727. The maximum atomic E-state index is 12.7. The fourth-order valence-electron chi connectivity index (χ4n) is 3.23. The molecule has 1 atom stereocenters. The predicted octanol–water partition coefficient (Wildman–Crippen LogP) is 5.17. The maximum Gasteiger partial charge on any atom is 0.341 e. The van der Waals surface area contributed by atoms with Crippen molar-refractivity contribution in [2.45, 2.75) is 52.6 Å². The topological polar surface area (TPSA) is 64.6 Å². The Kier molecular flexibility index (Phi) is 6.62. The van der Waals surface area contributed by atoms with Crippen molar-refractivity contribution < 1.29 is 19.1 Å². The Hall–Kier alpha value is -2.05. The molecule has 7 heteroatoms. The Bertz CT molecular complexity index is 893. The predicted molar refractivity (Wildman–Crippen MR) is 112 cm³/mol. The van der Waals surface area contributed by atoms with E-state index in [0.717, 1.165) is 41.7 Å². The Labute approximate surface area is 174 Å². The monoisotopic (exact) mass is 421 g/mol. The van der Waals surface area contributed by atoms with E-state index in [-0.39, 0.29) is 11.9 Å². The van der Waals surface area contributed by atoms with Crippen molar-refractivity contribution in [3.63, 3.8) is 0 Å². The van der Waals surface area contributed by atoms with Gasteiger partial charge >= 0.3 is 5.97 Å². The highest BCUT2D eigenvalue weighted by Crippen LogP contribution is 2.38. The van der Waals surface area contributed by atoms with Gasteiger partial charge in [-0.3, -0.25) is 4.79 Å². The van der Waals surface area contributed by atoms with Gasteiger partial charge in [-0.15, -0.1) is 11.3 Å². The normalized spacial score (nSPS) is 14.1. The van der Waals surface area contributed by atoms with Crippen LogP contribution in [0.2, 0.25) is 5.02 Å². The van der Waals surface area contributed by atoms with Crippen LogP contribution in [-0.2, 0) is 22.4 Å². The van der Waals surface area contributed by atoms with Gasteiger partial charge in [-0.25, -0.2) is 4.79 Å². The summed E-state index contributed by atoms with van der Waals surface area (Å²) in [6.45, 7) is 5.63. The Morgan fingerprint density at radius 3 is 2.75 bits per heavy atom. The molecule has 2 aromatic rings. The second-order valence-corrected chi connectivity index (χ2v) is 8.31. The molecule has 0 saturated heterocycles. The van der Waals surface area contributed by atoms with E-state index in [4.69, 9.17) is 21.1 Å². The number of esters is 1. The number of carbonyl (C=O) groups is 2. The van der Waals surface area contributed by atoms with Crippen LogP contribution in [0.3, 0.4) is 0 Å². The van der Waals surface area contributed by atoms with Crippen LogP contribution in [0.25, 0.3) is 0 Å². The minimum absolute atomic E-state index is 0.298. The molecular formula is C21H24ClNO4S. The fraction of sp³-hybridized carbons (Fsp3) is 0.429. The van der Waals surface area contributed by atoms with Crippen molar-refractivity contribution in [1.29, 1.82) is 0 Å². The third kappa shape index (κ3) is 4.50. The number of aryl methyl sites for hydroxylation is 2. The first-order valence-corrected chi connectivity index (χ1v) is 10.7. The molecule has 1 aliphatic rings. The maximum absolute atomic E-state index is 12.7. The average Bonchev–Trinajstić information content (AvgIpc) is 3.02. The molecule has 5 nitrogen and oxygen atoms in total. The number of amides is 1. The molecule has 1 amide bonds. The zero-order valence-electron chi connectivity index (χ0n) is 16.3. The van der Waals surface area contributed by atoms with Crippen molar-refractivity contribution in [2.75, 3.05) is 11.9 Å². The average molecular weight is 422 g/mol. The molecule has 0 unspecified atom stereocenters. The number of rotatable bonds is 6. The molecule has 1 N–H and O–H groups in total. The third-order valence-corrected chi connectivity index (χ3v) is 6.33. The number of hydrogen-bond donors (Lipinski definition) is 1. The van der Waals surface area contributed by atoms with Crippen LogP contribution in [0, 0.1) is 6.92 Å². The van der Waals surface area contributed by atoms with Crippen molar-refractivity contribution >= 4 is 39.8 Å². The van der Waals surface area contributed by atoms with E-state index in [2.05, 4.69) is 5.32 Å². The summed E-state index contributed by atoms with van der Waals surface area (Å²) >= 11 is 7.50. The summed E-state index contributed by atoms with van der Waals surface area (Å²) in [5, 5.41) is 4.08. The fourth-order valence-corrected chi connectivity index (χ4v) is 4.63. The molecule has 1 heterocycles. The highest BCUT2D eigenvalue weighted by molar-refractivity contribution is 7.17. The largest absolute Gasteiger partial charge is 0.481 e. The van der Waals surface area contributed by atoms with Gasteiger partial charge in [0.05, 0.1) is 12.2 Å². The van der Waals surface area contributed by atoms with Crippen molar-refractivity contribution in [3.8, 4) is 5.75 Å². The number of halogens is 1. The highest BCUT2D eigenvalue weighted by Gasteiger charge is 2.28. The van der Waals surface area contributed by atoms with Gasteiger partial charge in [0.25, 0.3) is 5.91 Å². The van der Waals surface area contributed by atoms with Crippen molar-refractivity contribution in [2.24, 2.45) is 0 Å². The molecule has 3 rings (SSSR count). The van der Waals surface area contributed by atoms with Gasteiger partial charge in [-0.2, -0.15) is 0 Å². The number of fused-ring (bicyclic) bond motifs is 1. The molecule has 0 fully saturated rings. The highest BCUT2D eigenvalue weighted by atomic mass is 35.5. The van der Waals surface area contributed by atoms with Crippen LogP contribution < -0.4 is 10.1 Å². The van der Waals surface area contributed by atoms with Crippen LogP contribution in [0.5, 0.6) is 5.75 Å². The molecule has 0 spiro atoms. The molecule has 150 valence electrons. The second-order valence-electron chi connectivity index (χ2n) is 6.80.